The summed E-state index contributed by atoms with van der Waals surface area (Å²) in [4.78, 5) is 34.3. The van der Waals surface area contributed by atoms with Gasteiger partial charge < -0.3 is 4.90 Å². The fourth-order valence-corrected chi connectivity index (χ4v) is 4.75. The normalized spacial score (nSPS) is 17.5. The molecule has 0 unspecified atom stereocenters. The smallest absolute Gasteiger partial charge is 0.267 e. The van der Waals surface area contributed by atoms with E-state index in [0.29, 0.717) is 13.0 Å². The Morgan fingerprint density at radius 3 is 2.68 bits per heavy atom. The van der Waals surface area contributed by atoms with Gasteiger partial charge in [-0.25, -0.2) is 9.67 Å². The van der Waals surface area contributed by atoms with Gasteiger partial charge in [0.15, 0.2) is 0 Å². The molecule has 0 N–H and O–H groups in total. The van der Waals surface area contributed by atoms with Gasteiger partial charge in [-0.2, -0.15) is 5.10 Å². The Morgan fingerprint density at radius 1 is 1.14 bits per heavy atom. The van der Waals surface area contributed by atoms with Gasteiger partial charge in [0.2, 0.25) is 5.91 Å². The third-order valence-corrected chi connectivity index (χ3v) is 6.53. The number of hydrogen-bond acceptors (Lipinski definition) is 6. The van der Waals surface area contributed by atoms with Crippen LogP contribution in [0.1, 0.15) is 34.0 Å². The second-order valence-corrected chi connectivity index (χ2v) is 8.95. The van der Waals surface area contributed by atoms with Crippen molar-refractivity contribution >= 4 is 17.2 Å². The Bertz CT molecular complexity index is 898. The van der Waals surface area contributed by atoms with E-state index in [1.165, 1.54) is 0 Å². The van der Waals surface area contributed by atoms with Gasteiger partial charge in [0.05, 0.1) is 23.7 Å². The summed E-state index contributed by atoms with van der Waals surface area (Å²) in [5, 5.41) is 5.60. The number of rotatable bonds is 5. The molecule has 0 radical (unpaired) electrons. The molecule has 8 heteroatoms. The van der Waals surface area contributed by atoms with Crippen LogP contribution in [-0.2, 0) is 30.6 Å². The molecule has 1 fully saturated rings. The number of carbonyl (C=O) groups excluding carboxylic acids is 1. The lowest BCUT2D eigenvalue weighted by molar-refractivity contribution is -0.132. The molecule has 1 aliphatic carbocycles. The number of aromatic nitrogens is 3. The van der Waals surface area contributed by atoms with Crippen LogP contribution in [0.25, 0.3) is 0 Å². The van der Waals surface area contributed by atoms with Gasteiger partial charge in [0.1, 0.15) is 0 Å². The number of thiazole rings is 1. The molecule has 1 amide bonds. The lowest BCUT2D eigenvalue weighted by Crippen LogP contribution is -2.50. The maximum atomic E-state index is 12.5. The summed E-state index contributed by atoms with van der Waals surface area (Å²) in [6.45, 7) is 6.52. The number of piperazine rings is 1. The van der Waals surface area contributed by atoms with Crippen molar-refractivity contribution in [1.29, 1.82) is 0 Å². The summed E-state index contributed by atoms with van der Waals surface area (Å²) in [6.07, 6.45) is 6.53. The first kappa shape index (κ1) is 19.3. The third-order valence-electron chi connectivity index (χ3n) is 5.62. The minimum Gasteiger partial charge on any atom is -0.340 e. The zero-order valence-electron chi connectivity index (χ0n) is 16.4. The van der Waals surface area contributed by atoms with E-state index in [1.807, 2.05) is 11.8 Å². The quantitative estimate of drug-likeness (QED) is 0.755. The lowest BCUT2D eigenvalue weighted by Gasteiger charge is -2.34. The first-order valence-corrected chi connectivity index (χ1v) is 10.9. The molecule has 7 nitrogen and oxygen atoms in total. The van der Waals surface area contributed by atoms with E-state index in [9.17, 15) is 9.59 Å². The maximum absolute atomic E-state index is 12.5. The Morgan fingerprint density at radius 2 is 1.93 bits per heavy atom. The predicted octanol–water partition coefficient (Wildman–Crippen LogP) is 1.27. The highest BCUT2D eigenvalue weighted by atomic mass is 32.1. The molecule has 2 aliphatic rings. The Balaban J connectivity index is 1.27. The summed E-state index contributed by atoms with van der Waals surface area (Å²) in [6, 6.07) is 1.78. The molecule has 3 heterocycles. The molecule has 2 aromatic heterocycles. The van der Waals surface area contributed by atoms with Gasteiger partial charge >= 0.3 is 0 Å². The van der Waals surface area contributed by atoms with Crippen molar-refractivity contribution in [2.45, 2.75) is 45.6 Å². The van der Waals surface area contributed by atoms with Crippen molar-refractivity contribution in [3.63, 3.8) is 0 Å². The van der Waals surface area contributed by atoms with Crippen molar-refractivity contribution in [3.8, 4) is 0 Å². The van der Waals surface area contributed by atoms with Crippen LogP contribution in [0.15, 0.2) is 17.1 Å². The zero-order chi connectivity index (χ0) is 19.5. The molecule has 0 bridgehead atoms. The van der Waals surface area contributed by atoms with E-state index in [4.69, 9.17) is 0 Å². The van der Waals surface area contributed by atoms with Crippen LogP contribution in [0.2, 0.25) is 0 Å². The van der Waals surface area contributed by atoms with E-state index in [2.05, 4.69) is 15.0 Å². The lowest BCUT2D eigenvalue weighted by atomic mass is 9.97. The third kappa shape index (κ3) is 4.50. The van der Waals surface area contributed by atoms with Crippen molar-refractivity contribution in [1.82, 2.24) is 24.6 Å². The molecular formula is C20H27N5O2S. The summed E-state index contributed by atoms with van der Waals surface area (Å²) in [5.41, 5.74) is 2.24. The Kier molecular flexibility index (Phi) is 5.87. The molecule has 150 valence electrons. The molecule has 0 saturated carbocycles. The fourth-order valence-electron chi connectivity index (χ4n) is 3.97. The van der Waals surface area contributed by atoms with Crippen LogP contribution in [0.4, 0.5) is 0 Å². The Hall–Kier alpha value is -2.06. The van der Waals surface area contributed by atoms with E-state index in [-0.39, 0.29) is 11.5 Å². The number of aryl methyl sites for hydroxylation is 3. The average Bonchev–Trinajstić information content (AvgIpc) is 3.11. The van der Waals surface area contributed by atoms with Gasteiger partial charge in [-0.15, -0.1) is 11.3 Å². The number of nitrogens with zero attached hydrogens (tertiary/aromatic N) is 5. The van der Waals surface area contributed by atoms with Crippen LogP contribution in [0.3, 0.4) is 0 Å². The van der Waals surface area contributed by atoms with Gasteiger partial charge in [-0.1, -0.05) is 0 Å². The van der Waals surface area contributed by atoms with Crippen molar-refractivity contribution < 1.29 is 4.79 Å². The monoisotopic (exact) mass is 401 g/mol. The average molecular weight is 402 g/mol. The van der Waals surface area contributed by atoms with E-state index < -0.39 is 0 Å². The molecule has 0 atom stereocenters. The molecule has 1 saturated heterocycles. The highest BCUT2D eigenvalue weighted by Gasteiger charge is 2.22. The van der Waals surface area contributed by atoms with Gasteiger partial charge in [-0.05, 0) is 38.2 Å². The molecule has 0 aromatic carbocycles. The second kappa shape index (κ2) is 8.53. The second-order valence-electron chi connectivity index (χ2n) is 7.63. The summed E-state index contributed by atoms with van der Waals surface area (Å²) in [7, 11) is 0. The topological polar surface area (TPSA) is 71.3 Å². The van der Waals surface area contributed by atoms with Gasteiger partial charge in [-0.3, -0.25) is 14.5 Å². The summed E-state index contributed by atoms with van der Waals surface area (Å²) in [5.74, 6) is 0.177. The van der Waals surface area contributed by atoms with Crippen LogP contribution >= 0.6 is 11.3 Å². The van der Waals surface area contributed by atoms with E-state index in [1.54, 1.807) is 28.3 Å². The SMILES string of the molecule is Cc1ncc(CC(=O)N2CCN(CCn3nc4c(cc3=O)CCCC4)CC2)s1. The minimum absolute atomic E-state index is 0.00862. The molecule has 2 aromatic rings. The number of fused-ring (bicyclic) bond motifs is 1. The Labute approximate surface area is 169 Å². The first-order chi connectivity index (χ1) is 13.6. The highest BCUT2D eigenvalue weighted by Crippen LogP contribution is 2.17. The van der Waals surface area contributed by atoms with Crippen molar-refractivity contribution in [3.05, 3.63) is 43.8 Å². The maximum Gasteiger partial charge on any atom is 0.267 e. The summed E-state index contributed by atoms with van der Waals surface area (Å²) < 4.78 is 1.62. The van der Waals surface area contributed by atoms with Gasteiger partial charge in [0.25, 0.3) is 5.56 Å². The van der Waals surface area contributed by atoms with Crippen LogP contribution < -0.4 is 5.56 Å². The molecule has 1 aliphatic heterocycles. The minimum atomic E-state index is 0.00862. The van der Waals surface area contributed by atoms with Gasteiger partial charge in [0, 0.05) is 49.9 Å². The number of carbonyl (C=O) groups is 1. The van der Waals surface area contributed by atoms with E-state index >= 15 is 0 Å². The standard InChI is InChI=1S/C20H27N5O2S/c1-15-21-14-17(28-15)13-19(26)24-9-6-23(7-10-24)8-11-25-20(27)12-16-4-2-3-5-18(16)22-25/h12,14H,2-11,13H2,1H3. The molecule has 28 heavy (non-hydrogen) atoms. The van der Waals surface area contributed by atoms with Crippen LogP contribution in [0.5, 0.6) is 0 Å². The molecule has 0 spiro atoms. The van der Waals surface area contributed by atoms with Crippen molar-refractivity contribution in [2.75, 3.05) is 32.7 Å². The highest BCUT2D eigenvalue weighted by molar-refractivity contribution is 7.11. The molecule has 4 rings (SSSR count). The van der Waals surface area contributed by atoms with Crippen LogP contribution in [-0.4, -0.2) is 63.2 Å². The largest absolute Gasteiger partial charge is 0.340 e. The summed E-state index contributed by atoms with van der Waals surface area (Å²) >= 11 is 1.59. The zero-order valence-corrected chi connectivity index (χ0v) is 17.2. The predicted molar refractivity (Wildman–Crippen MR) is 109 cm³/mol. The number of hydrogen-bond donors (Lipinski definition) is 0. The van der Waals surface area contributed by atoms with Crippen LogP contribution in [0, 0.1) is 6.92 Å². The molecular weight excluding hydrogens is 374 g/mol. The van der Waals surface area contributed by atoms with Crippen molar-refractivity contribution in [2.24, 2.45) is 0 Å². The first-order valence-electron chi connectivity index (χ1n) is 10.1. The number of amides is 1. The van der Waals surface area contributed by atoms with E-state index in [0.717, 1.165) is 79.5 Å². The fraction of sp³-hybridized carbons (Fsp3) is 0.600.